The number of aromatic nitrogens is 1. The van der Waals surface area contributed by atoms with E-state index in [-0.39, 0.29) is 5.91 Å². The van der Waals surface area contributed by atoms with Gasteiger partial charge in [0.25, 0.3) is 0 Å². The van der Waals surface area contributed by atoms with E-state index in [0.717, 1.165) is 42.8 Å². The Morgan fingerprint density at radius 1 is 1.24 bits per heavy atom. The number of piperazine rings is 1. The lowest BCUT2D eigenvalue weighted by atomic mass is 10.2. The zero-order valence-corrected chi connectivity index (χ0v) is 18.3. The molecule has 1 saturated heterocycles. The first-order valence-electron chi connectivity index (χ1n) is 9.97. The number of hydrogen-bond donors (Lipinski definition) is 1. The Labute approximate surface area is 177 Å². The van der Waals surface area contributed by atoms with Gasteiger partial charge in [-0.05, 0) is 19.1 Å². The van der Waals surface area contributed by atoms with Crippen LogP contribution < -0.4 is 10.2 Å². The van der Waals surface area contributed by atoms with Crippen molar-refractivity contribution >= 4 is 28.9 Å². The molecule has 156 valence electrons. The molecule has 0 atom stereocenters. The number of nitrogens with zero attached hydrogens (tertiary/aromatic N) is 5. The first kappa shape index (κ1) is 21.1. The Morgan fingerprint density at radius 3 is 2.59 bits per heavy atom. The summed E-state index contributed by atoms with van der Waals surface area (Å²) in [5.74, 6) is 0.968. The molecule has 1 N–H and O–H groups in total. The minimum atomic E-state index is 0.193. The minimum absolute atomic E-state index is 0.193. The maximum Gasteiger partial charge on any atom is 0.224 e. The van der Waals surface area contributed by atoms with Crippen LogP contribution in [-0.2, 0) is 11.3 Å². The van der Waals surface area contributed by atoms with Crippen LogP contribution in [0.4, 0.5) is 5.69 Å². The molecule has 0 radical (unpaired) electrons. The Balaban J connectivity index is 1.40. The first-order valence-corrected chi connectivity index (χ1v) is 10.9. The van der Waals surface area contributed by atoms with Crippen LogP contribution in [0.25, 0.3) is 0 Å². The van der Waals surface area contributed by atoms with Gasteiger partial charge in [-0.15, -0.1) is 11.3 Å². The van der Waals surface area contributed by atoms with Gasteiger partial charge in [0, 0.05) is 64.3 Å². The predicted octanol–water partition coefficient (Wildman–Crippen LogP) is 2.20. The van der Waals surface area contributed by atoms with Crippen LogP contribution >= 0.6 is 11.3 Å². The molecular formula is C21H30N6OS. The number of benzene rings is 1. The number of aryl methyl sites for hydroxylation is 1. The fourth-order valence-electron chi connectivity index (χ4n) is 3.48. The van der Waals surface area contributed by atoms with E-state index < -0.39 is 0 Å². The number of nitrogens with one attached hydrogen (secondary N) is 1. The highest BCUT2D eigenvalue weighted by atomic mass is 32.1. The standard InChI is InChI=1S/C21H30N6OS/c1-17-24-18(16-29-17)15-25(3)21(22-2)23-10-9-20(28)27-13-11-26(12-14-27)19-7-5-4-6-8-19/h4-8,16H,9-15H2,1-3H3,(H,22,23). The summed E-state index contributed by atoms with van der Waals surface area (Å²) in [6, 6.07) is 10.4. The molecule has 2 aromatic rings. The number of amides is 1. The molecule has 1 aromatic heterocycles. The van der Waals surface area contributed by atoms with Crippen molar-refractivity contribution in [1.29, 1.82) is 0 Å². The number of carbonyl (C=O) groups is 1. The van der Waals surface area contributed by atoms with Crippen molar-refractivity contribution < 1.29 is 4.79 Å². The fourth-order valence-corrected chi connectivity index (χ4v) is 4.08. The quantitative estimate of drug-likeness (QED) is 0.580. The van der Waals surface area contributed by atoms with Crippen LogP contribution in [0.5, 0.6) is 0 Å². The summed E-state index contributed by atoms with van der Waals surface area (Å²) in [6.45, 7) is 6.56. The van der Waals surface area contributed by atoms with E-state index in [0.29, 0.717) is 19.5 Å². The molecule has 1 aromatic carbocycles. The number of carbonyl (C=O) groups excluding carboxylic acids is 1. The Hall–Kier alpha value is -2.61. The lowest BCUT2D eigenvalue weighted by molar-refractivity contribution is -0.131. The smallest absolute Gasteiger partial charge is 0.224 e. The Morgan fingerprint density at radius 2 is 1.97 bits per heavy atom. The number of thiazole rings is 1. The fraction of sp³-hybridized carbons (Fsp3) is 0.476. The molecule has 0 unspecified atom stereocenters. The summed E-state index contributed by atoms with van der Waals surface area (Å²) in [5.41, 5.74) is 2.26. The summed E-state index contributed by atoms with van der Waals surface area (Å²) < 4.78 is 0. The number of rotatable bonds is 6. The zero-order chi connectivity index (χ0) is 20.6. The van der Waals surface area contributed by atoms with Gasteiger partial charge in [0.15, 0.2) is 5.96 Å². The second-order valence-electron chi connectivity index (χ2n) is 7.14. The first-order chi connectivity index (χ1) is 14.1. The van der Waals surface area contributed by atoms with Gasteiger partial charge in [-0.1, -0.05) is 18.2 Å². The van der Waals surface area contributed by atoms with E-state index >= 15 is 0 Å². The number of aliphatic imine (C=N–C) groups is 1. The lowest BCUT2D eigenvalue weighted by Crippen LogP contribution is -2.49. The monoisotopic (exact) mass is 414 g/mol. The summed E-state index contributed by atoms with van der Waals surface area (Å²) in [4.78, 5) is 27.7. The van der Waals surface area contributed by atoms with Crippen molar-refractivity contribution in [2.75, 3.05) is 51.7 Å². The molecule has 8 heteroatoms. The van der Waals surface area contributed by atoms with Gasteiger partial charge in [0.2, 0.25) is 5.91 Å². The maximum absolute atomic E-state index is 12.6. The number of hydrogen-bond acceptors (Lipinski definition) is 5. The molecule has 0 bridgehead atoms. The van der Waals surface area contributed by atoms with E-state index in [4.69, 9.17) is 0 Å². The molecule has 0 aliphatic carbocycles. The van der Waals surface area contributed by atoms with Gasteiger partial charge in [0.1, 0.15) is 0 Å². The molecule has 1 fully saturated rings. The average Bonchev–Trinajstić information content (AvgIpc) is 3.16. The highest BCUT2D eigenvalue weighted by Crippen LogP contribution is 2.16. The van der Waals surface area contributed by atoms with Gasteiger partial charge in [0.05, 0.1) is 17.2 Å². The van der Waals surface area contributed by atoms with E-state index in [1.165, 1.54) is 5.69 Å². The average molecular weight is 415 g/mol. The minimum Gasteiger partial charge on any atom is -0.368 e. The highest BCUT2D eigenvalue weighted by Gasteiger charge is 2.21. The normalized spacial score (nSPS) is 14.8. The zero-order valence-electron chi connectivity index (χ0n) is 17.5. The third-order valence-electron chi connectivity index (χ3n) is 5.01. The van der Waals surface area contributed by atoms with Gasteiger partial charge < -0.3 is 20.0 Å². The summed E-state index contributed by atoms with van der Waals surface area (Å²) in [6.07, 6.45) is 0.466. The molecule has 2 heterocycles. The third-order valence-corrected chi connectivity index (χ3v) is 5.84. The van der Waals surface area contributed by atoms with Crippen LogP contribution in [0.3, 0.4) is 0 Å². The van der Waals surface area contributed by atoms with Crippen molar-refractivity contribution in [2.45, 2.75) is 19.9 Å². The molecule has 0 spiro atoms. The van der Waals surface area contributed by atoms with Crippen molar-refractivity contribution in [3.63, 3.8) is 0 Å². The number of anilines is 1. The van der Waals surface area contributed by atoms with E-state index in [1.54, 1.807) is 18.4 Å². The summed E-state index contributed by atoms with van der Waals surface area (Å²) in [7, 11) is 3.74. The van der Waals surface area contributed by atoms with Gasteiger partial charge in [-0.2, -0.15) is 0 Å². The van der Waals surface area contributed by atoms with E-state index in [1.807, 2.05) is 29.8 Å². The molecule has 1 aliphatic rings. The summed E-state index contributed by atoms with van der Waals surface area (Å²) in [5, 5.41) is 6.43. The van der Waals surface area contributed by atoms with Crippen LogP contribution in [0.1, 0.15) is 17.1 Å². The molecule has 29 heavy (non-hydrogen) atoms. The molecule has 3 rings (SSSR count). The second kappa shape index (κ2) is 10.2. The van der Waals surface area contributed by atoms with Crippen molar-refractivity contribution in [1.82, 2.24) is 20.1 Å². The number of para-hydroxylation sites is 1. The third kappa shape index (κ3) is 5.93. The Bertz CT molecular complexity index is 814. The van der Waals surface area contributed by atoms with Gasteiger partial charge in [-0.3, -0.25) is 9.79 Å². The molecular weight excluding hydrogens is 384 g/mol. The maximum atomic E-state index is 12.6. The molecule has 7 nitrogen and oxygen atoms in total. The van der Waals surface area contributed by atoms with E-state index in [2.05, 4.69) is 49.8 Å². The number of guanidine groups is 1. The van der Waals surface area contributed by atoms with Gasteiger partial charge in [-0.25, -0.2) is 4.98 Å². The van der Waals surface area contributed by atoms with Crippen LogP contribution in [0.15, 0.2) is 40.7 Å². The molecule has 0 saturated carbocycles. The largest absolute Gasteiger partial charge is 0.368 e. The van der Waals surface area contributed by atoms with E-state index in [9.17, 15) is 4.79 Å². The van der Waals surface area contributed by atoms with Crippen LogP contribution in [0, 0.1) is 6.92 Å². The SMILES string of the molecule is CN=C(NCCC(=O)N1CCN(c2ccccc2)CC1)N(C)Cc1csc(C)n1. The lowest BCUT2D eigenvalue weighted by Gasteiger charge is -2.36. The summed E-state index contributed by atoms with van der Waals surface area (Å²) >= 11 is 1.65. The van der Waals surface area contributed by atoms with Gasteiger partial charge >= 0.3 is 0 Å². The van der Waals surface area contributed by atoms with Crippen molar-refractivity contribution in [2.24, 2.45) is 4.99 Å². The predicted molar refractivity (Wildman–Crippen MR) is 120 cm³/mol. The molecule has 1 aliphatic heterocycles. The molecule has 1 amide bonds. The Kier molecular flexibility index (Phi) is 7.46. The van der Waals surface area contributed by atoms with Crippen molar-refractivity contribution in [3.05, 3.63) is 46.4 Å². The van der Waals surface area contributed by atoms with Crippen LogP contribution in [-0.4, -0.2) is 73.5 Å². The second-order valence-corrected chi connectivity index (χ2v) is 8.20. The topological polar surface area (TPSA) is 64.1 Å². The highest BCUT2D eigenvalue weighted by molar-refractivity contribution is 7.09. The van der Waals surface area contributed by atoms with Crippen molar-refractivity contribution in [3.8, 4) is 0 Å². The van der Waals surface area contributed by atoms with Crippen LogP contribution in [0.2, 0.25) is 0 Å².